The number of nitrogens with zero attached hydrogens (tertiary/aromatic N) is 5. The molecule has 11 aromatic rings. The van der Waals surface area contributed by atoms with Crippen molar-refractivity contribution in [3.05, 3.63) is 187 Å². The van der Waals surface area contributed by atoms with E-state index in [-0.39, 0.29) is 0 Å². The summed E-state index contributed by atoms with van der Waals surface area (Å²) in [5.74, 6) is 0. The Morgan fingerprint density at radius 3 is 1.47 bits per heavy atom. The summed E-state index contributed by atoms with van der Waals surface area (Å²) in [5, 5.41) is 27.4. The lowest BCUT2D eigenvalue weighted by Gasteiger charge is -2.17. The molecule has 0 saturated carbocycles. The van der Waals surface area contributed by atoms with Gasteiger partial charge in [-0.1, -0.05) is 97.1 Å². The minimum atomic E-state index is 0.587. The molecule has 0 saturated heterocycles. The molecule has 0 amide bonds. The largest absolute Gasteiger partial charge is 0.309 e. The summed E-state index contributed by atoms with van der Waals surface area (Å²) in [7, 11) is 0. The number of fused-ring (bicyclic) bond motifs is 9. The predicted molar refractivity (Wildman–Crippen MR) is 224 cm³/mol. The second kappa shape index (κ2) is 11.8. The smallest absolute Gasteiger partial charge is 0.0998 e. The third-order valence-corrected chi connectivity index (χ3v) is 11.1. The van der Waals surface area contributed by atoms with Crippen LogP contribution < -0.4 is 0 Å². The molecule has 254 valence electrons. The maximum atomic E-state index is 10.5. The molecule has 0 aliphatic rings. The second-order valence-corrected chi connectivity index (χ2v) is 13.9. The van der Waals surface area contributed by atoms with Gasteiger partial charge in [0.25, 0.3) is 0 Å². The average Bonchev–Trinajstić information content (AvgIpc) is 3.89. The predicted octanol–water partition coefficient (Wildman–Crippen LogP) is 12.4. The molecule has 0 N–H and O–H groups in total. The number of aromatic nitrogens is 3. The van der Waals surface area contributed by atoms with E-state index < -0.39 is 0 Å². The van der Waals surface area contributed by atoms with E-state index in [1.165, 1.54) is 21.8 Å². The minimum Gasteiger partial charge on any atom is -0.309 e. The van der Waals surface area contributed by atoms with Crippen LogP contribution in [0.1, 0.15) is 11.1 Å². The van der Waals surface area contributed by atoms with E-state index in [0.29, 0.717) is 11.1 Å². The lowest BCUT2D eigenvalue weighted by molar-refractivity contribution is 1.16. The number of hydrogen-bond donors (Lipinski definition) is 0. The van der Waals surface area contributed by atoms with Crippen molar-refractivity contribution >= 4 is 65.4 Å². The van der Waals surface area contributed by atoms with Gasteiger partial charge in [0, 0.05) is 54.8 Å². The fraction of sp³-hybridized carbons (Fsp3) is 0. The number of rotatable bonds is 4. The van der Waals surface area contributed by atoms with Gasteiger partial charge in [-0.2, -0.15) is 10.5 Å². The van der Waals surface area contributed by atoms with E-state index in [0.717, 1.165) is 71.8 Å². The van der Waals surface area contributed by atoms with Crippen LogP contribution >= 0.6 is 0 Å². The Morgan fingerprint density at radius 2 is 0.818 bits per heavy atom. The maximum Gasteiger partial charge on any atom is 0.0998 e. The van der Waals surface area contributed by atoms with Crippen molar-refractivity contribution in [2.24, 2.45) is 0 Å². The number of hydrogen-bond acceptors (Lipinski definition) is 2. The fourth-order valence-corrected chi connectivity index (χ4v) is 8.84. The average molecular weight is 700 g/mol. The Hall–Kier alpha value is -7.86. The van der Waals surface area contributed by atoms with E-state index in [1.807, 2.05) is 42.5 Å². The van der Waals surface area contributed by atoms with Gasteiger partial charge < -0.3 is 13.7 Å². The highest BCUT2D eigenvalue weighted by molar-refractivity contribution is 6.14. The molecule has 0 aliphatic heterocycles. The minimum absolute atomic E-state index is 0.587. The molecule has 11 rings (SSSR count). The molecule has 0 bridgehead atoms. The third kappa shape index (κ3) is 4.39. The van der Waals surface area contributed by atoms with Gasteiger partial charge >= 0.3 is 0 Å². The lowest BCUT2D eigenvalue weighted by Crippen LogP contribution is -2.00. The molecule has 0 aliphatic carbocycles. The Labute approximate surface area is 316 Å². The van der Waals surface area contributed by atoms with E-state index in [2.05, 4.69) is 159 Å². The second-order valence-electron chi connectivity index (χ2n) is 13.9. The molecule has 8 aromatic carbocycles. The van der Waals surface area contributed by atoms with Gasteiger partial charge in [0.1, 0.15) is 0 Å². The van der Waals surface area contributed by atoms with Gasteiger partial charge in [0.2, 0.25) is 0 Å². The summed E-state index contributed by atoms with van der Waals surface area (Å²) in [6.07, 6.45) is 0. The summed E-state index contributed by atoms with van der Waals surface area (Å²) < 4.78 is 6.90. The van der Waals surface area contributed by atoms with Crippen LogP contribution in [0.4, 0.5) is 0 Å². The van der Waals surface area contributed by atoms with Gasteiger partial charge in [-0.05, 0) is 78.9 Å². The van der Waals surface area contributed by atoms with Crippen molar-refractivity contribution in [1.82, 2.24) is 13.7 Å². The number of benzene rings is 8. The van der Waals surface area contributed by atoms with Crippen LogP contribution in [-0.2, 0) is 0 Å². The maximum absolute atomic E-state index is 10.5. The zero-order valence-electron chi connectivity index (χ0n) is 29.5. The van der Waals surface area contributed by atoms with Crippen LogP contribution in [-0.4, -0.2) is 13.7 Å². The van der Waals surface area contributed by atoms with Crippen LogP contribution in [0.3, 0.4) is 0 Å². The van der Waals surface area contributed by atoms with Crippen LogP contribution in [0, 0.1) is 22.7 Å². The van der Waals surface area contributed by atoms with E-state index in [4.69, 9.17) is 0 Å². The molecule has 0 fully saturated rings. The van der Waals surface area contributed by atoms with Gasteiger partial charge in [0.05, 0.1) is 62.1 Å². The molecule has 5 nitrogen and oxygen atoms in total. The lowest BCUT2D eigenvalue weighted by atomic mass is 9.97. The fourth-order valence-electron chi connectivity index (χ4n) is 8.84. The first-order chi connectivity index (χ1) is 27.2. The molecule has 3 heterocycles. The summed E-state index contributed by atoms with van der Waals surface area (Å²) in [5.41, 5.74) is 12.5. The Kier molecular flexibility index (Phi) is 6.61. The summed E-state index contributed by atoms with van der Waals surface area (Å²) in [6, 6.07) is 65.9. The van der Waals surface area contributed by atoms with Crippen molar-refractivity contribution in [3.8, 4) is 40.3 Å². The van der Waals surface area contributed by atoms with Gasteiger partial charge in [-0.25, -0.2) is 0 Å². The summed E-state index contributed by atoms with van der Waals surface area (Å²) in [4.78, 5) is 0. The van der Waals surface area contributed by atoms with Crippen LogP contribution in [0.15, 0.2) is 176 Å². The van der Waals surface area contributed by atoms with E-state index in [1.54, 1.807) is 0 Å². The highest BCUT2D eigenvalue weighted by atomic mass is 15.0. The Bertz CT molecular complexity index is 3420. The standard InChI is InChI=1S/C50H29N5/c51-30-32-24-25-34(28-41(32)38-15-3-9-21-46(38)55-47-22-10-5-17-40(47)50-33(31-52)12-11-23-49(50)55)54-45-20-8-4-16-39(45)42-29-35(26-27-48(42)54)53-43-18-6-1-13-36(43)37-14-2-7-19-44(37)53/h1-29H. The first-order valence-corrected chi connectivity index (χ1v) is 18.3. The number of para-hydroxylation sites is 5. The van der Waals surface area contributed by atoms with Gasteiger partial charge in [0.15, 0.2) is 0 Å². The SMILES string of the molecule is N#Cc1ccc(-n2c3ccccc3c3cc(-n4c5ccccc5c5ccccc54)ccc32)cc1-c1ccccc1-n1c2ccccc2c2c(C#N)cccc21. The quantitative estimate of drug-likeness (QED) is 0.184. The Balaban J connectivity index is 1.14. The van der Waals surface area contributed by atoms with Crippen molar-refractivity contribution in [2.45, 2.75) is 0 Å². The van der Waals surface area contributed by atoms with Crippen LogP contribution in [0.5, 0.6) is 0 Å². The van der Waals surface area contributed by atoms with Crippen molar-refractivity contribution < 1.29 is 0 Å². The summed E-state index contributed by atoms with van der Waals surface area (Å²) in [6.45, 7) is 0. The highest BCUT2D eigenvalue weighted by Gasteiger charge is 2.21. The van der Waals surface area contributed by atoms with Crippen molar-refractivity contribution in [2.75, 3.05) is 0 Å². The highest BCUT2D eigenvalue weighted by Crippen LogP contribution is 2.41. The molecule has 0 atom stereocenters. The van der Waals surface area contributed by atoms with E-state index >= 15 is 0 Å². The van der Waals surface area contributed by atoms with Crippen molar-refractivity contribution in [3.63, 3.8) is 0 Å². The van der Waals surface area contributed by atoms with Crippen molar-refractivity contribution in [1.29, 1.82) is 10.5 Å². The first-order valence-electron chi connectivity index (χ1n) is 18.3. The molecular formula is C50H29N5. The topological polar surface area (TPSA) is 62.4 Å². The number of nitriles is 2. The van der Waals surface area contributed by atoms with Gasteiger partial charge in [-0.15, -0.1) is 0 Å². The molecule has 0 unspecified atom stereocenters. The first kappa shape index (κ1) is 30.7. The van der Waals surface area contributed by atoms with Crippen LogP contribution in [0.2, 0.25) is 0 Å². The monoisotopic (exact) mass is 699 g/mol. The Morgan fingerprint density at radius 1 is 0.327 bits per heavy atom. The van der Waals surface area contributed by atoms with Gasteiger partial charge in [-0.3, -0.25) is 0 Å². The summed E-state index contributed by atoms with van der Waals surface area (Å²) >= 11 is 0. The molecule has 0 spiro atoms. The normalized spacial score (nSPS) is 11.6. The zero-order chi connectivity index (χ0) is 36.6. The molecule has 0 radical (unpaired) electrons. The zero-order valence-corrected chi connectivity index (χ0v) is 29.5. The van der Waals surface area contributed by atoms with Crippen LogP contribution in [0.25, 0.3) is 93.6 Å². The third-order valence-electron chi connectivity index (χ3n) is 11.1. The molecule has 3 aromatic heterocycles. The molecular weight excluding hydrogens is 671 g/mol. The molecule has 5 heteroatoms. The van der Waals surface area contributed by atoms with E-state index in [9.17, 15) is 10.5 Å². The molecule has 55 heavy (non-hydrogen) atoms.